The van der Waals surface area contributed by atoms with Gasteiger partial charge < -0.3 is 15.4 Å². The number of ether oxygens (including phenoxy) is 1. The van der Waals surface area contributed by atoms with Crippen LogP contribution in [-0.4, -0.2) is 53.7 Å². The molecular formula is C13H22ClN3O3S. The van der Waals surface area contributed by atoms with E-state index in [0.29, 0.717) is 26.2 Å². The molecule has 3 N–H and O–H groups in total. The van der Waals surface area contributed by atoms with Crippen molar-refractivity contribution in [3.05, 3.63) is 28.8 Å². The van der Waals surface area contributed by atoms with Crippen molar-refractivity contribution in [2.75, 3.05) is 40.4 Å². The van der Waals surface area contributed by atoms with Crippen molar-refractivity contribution in [3.8, 4) is 0 Å². The van der Waals surface area contributed by atoms with Gasteiger partial charge in [0.25, 0.3) is 0 Å². The Morgan fingerprint density at radius 1 is 1.38 bits per heavy atom. The quantitative estimate of drug-likeness (QED) is 0.692. The second-order valence-electron chi connectivity index (χ2n) is 4.66. The maximum atomic E-state index is 12.2. The molecule has 0 amide bonds. The normalized spacial score (nSPS) is 12.0. The second kappa shape index (κ2) is 8.67. The Balaban J connectivity index is 2.61. The van der Waals surface area contributed by atoms with Crippen molar-refractivity contribution in [1.29, 1.82) is 0 Å². The average Bonchev–Trinajstić information content (AvgIpc) is 2.44. The average molecular weight is 336 g/mol. The van der Waals surface area contributed by atoms with Crippen LogP contribution in [0, 0.1) is 0 Å². The molecule has 0 aliphatic rings. The summed E-state index contributed by atoms with van der Waals surface area (Å²) in [6.45, 7) is 2.55. The van der Waals surface area contributed by atoms with Crippen LogP contribution < -0.4 is 10.5 Å². The van der Waals surface area contributed by atoms with E-state index in [1.165, 1.54) is 6.07 Å². The van der Waals surface area contributed by atoms with E-state index >= 15 is 0 Å². The first-order valence-corrected chi connectivity index (χ1v) is 8.42. The molecule has 1 rings (SSSR count). The Morgan fingerprint density at radius 2 is 2.10 bits per heavy atom. The summed E-state index contributed by atoms with van der Waals surface area (Å²) in [6, 6.07) is 4.70. The van der Waals surface area contributed by atoms with Gasteiger partial charge in [0.2, 0.25) is 10.0 Å². The SMILES string of the molecule is COCCN(C)CCNS(=O)(=O)c1ccc(CN)cc1Cl. The van der Waals surface area contributed by atoms with Crippen LogP contribution in [0.5, 0.6) is 0 Å². The van der Waals surface area contributed by atoms with E-state index in [2.05, 4.69) is 4.72 Å². The summed E-state index contributed by atoms with van der Waals surface area (Å²) in [5.74, 6) is 0. The summed E-state index contributed by atoms with van der Waals surface area (Å²) in [5, 5.41) is 0.179. The lowest BCUT2D eigenvalue weighted by Crippen LogP contribution is -2.34. The van der Waals surface area contributed by atoms with E-state index in [1.807, 2.05) is 11.9 Å². The summed E-state index contributed by atoms with van der Waals surface area (Å²) in [5.41, 5.74) is 6.28. The van der Waals surface area contributed by atoms with E-state index in [4.69, 9.17) is 22.1 Å². The fourth-order valence-electron chi connectivity index (χ4n) is 1.70. The molecule has 1 aromatic carbocycles. The Labute approximate surface area is 131 Å². The van der Waals surface area contributed by atoms with Crippen LogP contribution in [0.25, 0.3) is 0 Å². The molecule has 0 aromatic heterocycles. The van der Waals surface area contributed by atoms with Crippen molar-refractivity contribution in [2.24, 2.45) is 5.73 Å². The van der Waals surface area contributed by atoms with Gasteiger partial charge in [-0.2, -0.15) is 0 Å². The van der Waals surface area contributed by atoms with E-state index in [-0.39, 0.29) is 9.92 Å². The molecule has 0 radical (unpaired) electrons. The van der Waals surface area contributed by atoms with Crippen molar-refractivity contribution in [3.63, 3.8) is 0 Å². The first-order valence-electron chi connectivity index (χ1n) is 6.56. The van der Waals surface area contributed by atoms with Gasteiger partial charge in [-0.05, 0) is 24.7 Å². The Morgan fingerprint density at radius 3 is 2.67 bits per heavy atom. The third-order valence-corrected chi connectivity index (χ3v) is 4.93. The van der Waals surface area contributed by atoms with E-state index in [9.17, 15) is 8.42 Å². The predicted molar refractivity (Wildman–Crippen MR) is 83.9 cm³/mol. The second-order valence-corrected chi connectivity index (χ2v) is 6.81. The summed E-state index contributed by atoms with van der Waals surface area (Å²) in [6.07, 6.45) is 0. The number of nitrogens with two attached hydrogens (primary N) is 1. The number of hydrogen-bond acceptors (Lipinski definition) is 5. The zero-order chi connectivity index (χ0) is 15.9. The predicted octanol–water partition coefficient (Wildman–Crippen LogP) is 0.655. The summed E-state index contributed by atoms with van der Waals surface area (Å²) in [7, 11) is -0.0851. The van der Waals surface area contributed by atoms with Crippen molar-refractivity contribution in [1.82, 2.24) is 9.62 Å². The first-order chi connectivity index (χ1) is 9.90. The molecule has 120 valence electrons. The molecule has 0 unspecified atom stereocenters. The minimum atomic E-state index is -3.61. The number of rotatable bonds is 9. The maximum Gasteiger partial charge on any atom is 0.242 e. The van der Waals surface area contributed by atoms with Crippen LogP contribution >= 0.6 is 11.6 Å². The molecule has 1 aromatic rings. The molecule has 0 aliphatic carbocycles. The Bertz CT molecular complexity index is 552. The molecule has 21 heavy (non-hydrogen) atoms. The van der Waals surface area contributed by atoms with E-state index in [1.54, 1.807) is 19.2 Å². The van der Waals surface area contributed by atoms with Gasteiger partial charge in [-0.15, -0.1) is 0 Å². The molecule has 0 saturated heterocycles. The lowest BCUT2D eigenvalue weighted by molar-refractivity contribution is 0.162. The fraction of sp³-hybridized carbons (Fsp3) is 0.538. The molecule has 0 atom stereocenters. The molecule has 0 heterocycles. The molecule has 0 saturated carbocycles. The number of sulfonamides is 1. The number of halogens is 1. The van der Waals surface area contributed by atoms with Crippen LogP contribution in [0.15, 0.2) is 23.1 Å². The van der Waals surface area contributed by atoms with Gasteiger partial charge in [0.1, 0.15) is 4.90 Å². The minimum Gasteiger partial charge on any atom is -0.383 e. The number of likely N-dealkylation sites (N-methyl/N-ethyl adjacent to an activating group) is 1. The van der Waals surface area contributed by atoms with Gasteiger partial charge in [0.05, 0.1) is 11.6 Å². The maximum absolute atomic E-state index is 12.2. The third-order valence-electron chi connectivity index (χ3n) is 2.98. The highest BCUT2D eigenvalue weighted by Crippen LogP contribution is 2.22. The van der Waals surface area contributed by atoms with E-state index < -0.39 is 10.0 Å². The highest BCUT2D eigenvalue weighted by atomic mass is 35.5. The van der Waals surface area contributed by atoms with Gasteiger partial charge in [-0.3, -0.25) is 0 Å². The smallest absolute Gasteiger partial charge is 0.242 e. The number of nitrogens with zero attached hydrogens (tertiary/aromatic N) is 1. The number of nitrogens with one attached hydrogen (secondary N) is 1. The van der Waals surface area contributed by atoms with Gasteiger partial charge in [0.15, 0.2) is 0 Å². The molecule has 6 nitrogen and oxygen atoms in total. The highest BCUT2D eigenvalue weighted by Gasteiger charge is 2.17. The summed E-state index contributed by atoms with van der Waals surface area (Å²) >= 11 is 6.00. The lowest BCUT2D eigenvalue weighted by Gasteiger charge is -2.16. The van der Waals surface area contributed by atoms with Crippen LogP contribution in [0.3, 0.4) is 0 Å². The standard InChI is InChI=1S/C13H22ClN3O3S/c1-17(7-8-20-2)6-5-16-21(18,19)13-4-3-11(10-15)9-12(13)14/h3-4,9,16H,5-8,10,15H2,1-2H3. The van der Waals surface area contributed by atoms with Crippen molar-refractivity contribution in [2.45, 2.75) is 11.4 Å². The molecule has 0 spiro atoms. The topological polar surface area (TPSA) is 84.7 Å². The lowest BCUT2D eigenvalue weighted by atomic mass is 10.2. The van der Waals surface area contributed by atoms with Gasteiger partial charge in [-0.25, -0.2) is 13.1 Å². The highest BCUT2D eigenvalue weighted by molar-refractivity contribution is 7.89. The zero-order valence-corrected chi connectivity index (χ0v) is 13.9. The molecule has 0 fully saturated rings. The van der Waals surface area contributed by atoms with Crippen molar-refractivity contribution >= 4 is 21.6 Å². The molecule has 8 heteroatoms. The Kier molecular flexibility index (Phi) is 7.58. The van der Waals surface area contributed by atoms with Crippen LogP contribution in [0.2, 0.25) is 5.02 Å². The number of methoxy groups -OCH3 is 1. The van der Waals surface area contributed by atoms with Crippen LogP contribution in [0.4, 0.5) is 0 Å². The first kappa shape index (κ1) is 18.3. The zero-order valence-electron chi connectivity index (χ0n) is 12.3. The fourth-order valence-corrected chi connectivity index (χ4v) is 3.28. The third kappa shape index (κ3) is 5.90. The number of hydrogen-bond donors (Lipinski definition) is 2. The molecular weight excluding hydrogens is 314 g/mol. The van der Waals surface area contributed by atoms with Crippen LogP contribution in [0.1, 0.15) is 5.56 Å². The number of benzene rings is 1. The van der Waals surface area contributed by atoms with Crippen LogP contribution in [-0.2, 0) is 21.3 Å². The monoisotopic (exact) mass is 335 g/mol. The Hall–Kier alpha value is -0.700. The van der Waals surface area contributed by atoms with E-state index in [0.717, 1.165) is 12.1 Å². The van der Waals surface area contributed by atoms with Crippen molar-refractivity contribution < 1.29 is 13.2 Å². The molecule has 0 bridgehead atoms. The summed E-state index contributed by atoms with van der Waals surface area (Å²) in [4.78, 5) is 2.05. The van der Waals surface area contributed by atoms with Gasteiger partial charge in [0, 0.05) is 33.3 Å². The van der Waals surface area contributed by atoms with Gasteiger partial charge >= 0.3 is 0 Å². The molecule has 0 aliphatic heterocycles. The van der Waals surface area contributed by atoms with Gasteiger partial charge in [-0.1, -0.05) is 17.7 Å². The minimum absolute atomic E-state index is 0.0703. The largest absolute Gasteiger partial charge is 0.383 e. The summed E-state index contributed by atoms with van der Waals surface area (Å²) < 4.78 is 31.8.